The zero-order valence-electron chi connectivity index (χ0n) is 10.8. The molecule has 0 spiro atoms. The molecule has 0 unspecified atom stereocenters. The highest BCUT2D eigenvalue weighted by Crippen LogP contribution is 2.30. The zero-order chi connectivity index (χ0) is 14.8. The van der Waals surface area contributed by atoms with Gasteiger partial charge in [-0.15, -0.1) is 11.3 Å². The van der Waals surface area contributed by atoms with Gasteiger partial charge in [0.2, 0.25) is 0 Å². The van der Waals surface area contributed by atoms with Crippen LogP contribution in [0.1, 0.15) is 20.9 Å². The van der Waals surface area contributed by atoms with E-state index in [2.05, 4.69) is 0 Å². The quantitative estimate of drug-likeness (QED) is 0.922. The molecule has 2 nitrogen and oxygen atoms in total. The molecule has 108 valence electrons. The number of halogens is 3. The molecule has 0 radical (unpaired) electrons. The molecule has 1 aromatic heterocycles. The first-order valence-electron chi connectivity index (χ1n) is 5.98. The summed E-state index contributed by atoms with van der Waals surface area (Å²) in [5.41, 5.74) is 5.89. The Morgan fingerprint density at radius 3 is 2.35 bits per heavy atom. The van der Waals surface area contributed by atoms with Crippen LogP contribution in [0.2, 0.25) is 0 Å². The molecular weight excluding hydrogens is 287 g/mol. The maximum absolute atomic E-state index is 12.4. The minimum atomic E-state index is -4.32. The number of alkyl halides is 3. The molecule has 1 heterocycles. The summed E-state index contributed by atoms with van der Waals surface area (Å²) in [4.78, 5) is 2.17. The molecule has 0 atom stereocenters. The fourth-order valence-electron chi connectivity index (χ4n) is 1.73. The van der Waals surface area contributed by atoms with Crippen LogP contribution >= 0.6 is 11.3 Å². The van der Waals surface area contributed by atoms with Crippen LogP contribution in [0.25, 0.3) is 0 Å². The summed E-state index contributed by atoms with van der Waals surface area (Å²) in [7, 11) is 0. The molecule has 2 rings (SSSR count). The van der Waals surface area contributed by atoms with Crippen LogP contribution < -0.4 is 10.5 Å². The topological polar surface area (TPSA) is 35.2 Å². The highest BCUT2D eigenvalue weighted by molar-refractivity contribution is 7.12. The highest BCUT2D eigenvalue weighted by atomic mass is 32.1. The normalized spacial score (nSPS) is 11.7. The average Bonchev–Trinajstić information content (AvgIpc) is 2.76. The number of benzene rings is 1. The lowest BCUT2D eigenvalue weighted by atomic mass is 10.2. The minimum absolute atomic E-state index is 0.327. The number of rotatable bonds is 4. The van der Waals surface area contributed by atoms with E-state index in [4.69, 9.17) is 10.5 Å². The monoisotopic (exact) mass is 301 g/mol. The van der Waals surface area contributed by atoms with Crippen molar-refractivity contribution in [1.82, 2.24) is 0 Å². The Balaban J connectivity index is 2.02. The van der Waals surface area contributed by atoms with Gasteiger partial charge in [-0.2, -0.15) is 13.2 Å². The molecule has 0 amide bonds. The van der Waals surface area contributed by atoms with Crippen LogP contribution in [0.15, 0.2) is 30.3 Å². The van der Waals surface area contributed by atoms with E-state index >= 15 is 0 Å². The van der Waals surface area contributed by atoms with Crippen LogP contribution in [0.3, 0.4) is 0 Å². The van der Waals surface area contributed by atoms with E-state index in [9.17, 15) is 13.2 Å². The smallest absolute Gasteiger partial charge is 0.416 e. The molecule has 0 aliphatic carbocycles. The van der Waals surface area contributed by atoms with Gasteiger partial charge in [-0.25, -0.2) is 0 Å². The molecule has 0 saturated carbocycles. The number of nitrogens with two attached hydrogens (primary N) is 1. The third-order valence-corrected chi connectivity index (χ3v) is 3.96. The lowest BCUT2D eigenvalue weighted by molar-refractivity contribution is -0.137. The molecule has 0 fully saturated rings. The Morgan fingerprint density at radius 1 is 1.20 bits per heavy atom. The highest BCUT2D eigenvalue weighted by Gasteiger charge is 2.29. The summed E-state index contributed by atoms with van der Waals surface area (Å²) in [6, 6.07) is 6.65. The Bertz CT molecular complexity index is 575. The zero-order valence-corrected chi connectivity index (χ0v) is 11.6. The lowest BCUT2D eigenvalue weighted by Gasteiger charge is -2.09. The van der Waals surface area contributed by atoms with E-state index in [1.807, 2.05) is 13.0 Å². The molecule has 0 aliphatic heterocycles. The van der Waals surface area contributed by atoms with Gasteiger partial charge in [0.05, 0.1) is 5.56 Å². The Hall–Kier alpha value is -1.53. The Morgan fingerprint density at radius 2 is 1.85 bits per heavy atom. The summed E-state index contributed by atoms with van der Waals surface area (Å²) in [6.07, 6.45) is -4.32. The maximum atomic E-state index is 12.4. The van der Waals surface area contributed by atoms with Gasteiger partial charge < -0.3 is 10.5 Å². The van der Waals surface area contributed by atoms with E-state index in [1.165, 1.54) is 12.1 Å². The molecule has 2 aromatic rings. The fourth-order valence-corrected chi connectivity index (χ4v) is 2.66. The van der Waals surface area contributed by atoms with Gasteiger partial charge in [0.15, 0.2) is 0 Å². The molecule has 20 heavy (non-hydrogen) atoms. The van der Waals surface area contributed by atoms with Crippen LogP contribution in [-0.2, 0) is 19.3 Å². The van der Waals surface area contributed by atoms with Crippen molar-refractivity contribution in [2.45, 2.75) is 26.3 Å². The van der Waals surface area contributed by atoms with E-state index in [-0.39, 0.29) is 0 Å². The third kappa shape index (κ3) is 3.52. The molecule has 0 saturated heterocycles. The van der Waals surface area contributed by atoms with Gasteiger partial charge in [0.25, 0.3) is 0 Å². The lowest BCUT2D eigenvalue weighted by Crippen LogP contribution is -2.04. The summed E-state index contributed by atoms with van der Waals surface area (Å²) < 4.78 is 42.7. The van der Waals surface area contributed by atoms with Gasteiger partial charge in [-0.1, -0.05) is 0 Å². The molecular formula is C14H14F3NOS. The first-order chi connectivity index (χ1) is 9.40. The maximum Gasteiger partial charge on any atom is 0.416 e. The number of hydrogen-bond donors (Lipinski definition) is 1. The standard InChI is InChI=1S/C14H14F3NOS/c1-9-10(6-13(7-18)20-9)8-19-12-4-2-11(3-5-12)14(15,16)17/h2-6H,7-8,18H2,1H3. The first-order valence-corrected chi connectivity index (χ1v) is 6.80. The van der Waals surface area contributed by atoms with E-state index in [1.54, 1.807) is 11.3 Å². The largest absolute Gasteiger partial charge is 0.489 e. The molecule has 1 aromatic carbocycles. The van der Waals surface area contributed by atoms with Crippen LogP contribution in [0, 0.1) is 6.92 Å². The van der Waals surface area contributed by atoms with Crippen molar-refractivity contribution in [3.05, 3.63) is 51.2 Å². The van der Waals surface area contributed by atoms with E-state index in [0.717, 1.165) is 27.5 Å². The molecule has 0 aliphatic rings. The second-order valence-corrected chi connectivity index (χ2v) is 5.65. The number of hydrogen-bond acceptors (Lipinski definition) is 3. The van der Waals surface area contributed by atoms with Crippen molar-refractivity contribution in [3.63, 3.8) is 0 Å². The van der Waals surface area contributed by atoms with Gasteiger partial charge in [0.1, 0.15) is 12.4 Å². The second kappa shape index (κ2) is 5.85. The predicted molar refractivity (Wildman–Crippen MR) is 72.7 cm³/mol. The van der Waals surface area contributed by atoms with Crippen LogP contribution in [0.5, 0.6) is 5.75 Å². The summed E-state index contributed by atoms with van der Waals surface area (Å²) in [5.74, 6) is 0.415. The van der Waals surface area contributed by atoms with Crippen molar-refractivity contribution >= 4 is 11.3 Å². The second-order valence-electron chi connectivity index (χ2n) is 4.31. The van der Waals surface area contributed by atoms with Crippen LogP contribution in [0.4, 0.5) is 13.2 Å². The van der Waals surface area contributed by atoms with Gasteiger partial charge >= 0.3 is 6.18 Å². The third-order valence-electron chi connectivity index (χ3n) is 2.85. The Kier molecular flexibility index (Phi) is 4.35. The van der Waals surface area contributed by atoms with E-state index < -0.39 is 11.7 Å². The average molecular weight is 301 g/mol. The number of ether oxygens (including phenoxy) is 1. The number of thiophene rings is 1. The van der Waals surface area contributed by atoms with Crippen molar-refractivity contribution in [2.24, 2.45) is 5.73 Å². The van der Waals surface area contributed by atoms with Crippen molar-refractivity contribution < 1.29 is 17.9 Å². The van der Waals surface area contributed by atoms with Crippen LogP contribution in [-0.4, -0.2) is 0 Å². The predicted octanol–water partition coefficient (Wildman–Crippen LogP) is 4.11. The van der Waals surface area contributed by atoms with Gasteiger partial charge in [-0.3, -0.25) is 0 Å². The van der Waals surface area contributed by atoms with E-state index in [0.29, 0.717) is 18.9 Å². The molecule has 6 heteroatoms. The first kappa shape index (κ1) is 14.9. The van der Waals surface area contributed by atoms with Gasteiger partial charge in [0, 0.05) is 21.9 Å². The fraction of sp³-hybridized carbons (Fsp3) is 0.286. The molecule has 2 N–H and O–H groups in total. The minimum Gasteiger partial charge on any atom is -0.489 e. The SMILES string of the molecule is Cc1sc(CN)cc1COc1ccc(C(F)(F)F)cc1. The number of aryl methyl sites for hydroxylation is 1. The summed E-state index contributed by atoms with van der Waals surface area (Å²) in [5, 5.41) is 0. The van der Waals surface area contributed by atoms with Crippen molar-refractivity contribution in [3.8, 4) is 5.75 Å². The summed E-state index contributed by atoms with van der Waals surface area (Å²) in [6.45, 7) is 2.77. The summed E-state index contributed by atoms with van der Waals surface area (Å²) >= 11 is 1.60. The Labute approximate surface area is 119 Å². The van der Waals surface area contributed by atoms with Crippen molar-refractivity contribution in [2.75, 3.05) is 0 Å². The van der Waals surface area contributed by atoms with Crippen molar-refractivity contribution in [1.29, 1.82) is 0 Å². The van der Waals surface area contributed by atoms with Gasteiger partial charge in [-0.05, 0) is 37.3 Å². The molecule has 0 bridgehead atoms.